The summed E-state index contributed by atoms with van der Waals surface area (Å²) in [6, 6.07) is 12.2. The second-order valence-electron chi connectivity index (χ2n) is 5.17. The Labute approximate surface area is 127 Å². The van der Waals surface area contributed by atoms with Gasteiger partial charge in [-0.05, 0) is 62.8 Å². The molecule has 0 N–H and O–H groups in total. The molecule has 0 aliphatic carbocycles. The molecule has 0 fully saturated rings. The standard InChI is InChI=1S/C18H24N2O/c1-5-13-19-17(9-1)11-3-7-15-21-16-8-4-12-18-10-2-6-14-20-18/h1-2,5-6,9-10,13-14H,3-4,7-8,11-12,15-16H2. The van der Waals surface area contributed by atoms with Crippen molar-refractivity contribution < 1.29 is 4.74 Å². The molecule has 0 saturated carbocycles. The molecule has 112 valence electrons. The molecule has 0 aliphatic heterocycles. The molecule has 0 aliphatic rings. The molecule has 0 amide bonds. The van der Waals surface area contributed by atoms with Crippen LogP contribution in [0.25, 0.3) is 0 Å². The first kappa shape index (κ1) is 15.6. The third-order valence-electron chi connectivity index (χ3n) is 3.40. The van der Waals surface area contributed by atoms with E-state index in [9.17, 15) is 0 Å². The molecule has 21 heavy (non-hydrogen) atoms. The molecule has 0 unspecified atom stereocenters. The molecular formula is C18H24N2O. The lowest BCUT2D eigenvalue weighted by atomic mass is 10.2. The Morgan fingerprint density at radius 1 is 0.667 bits per heavy atom. The average molecular weight is 284 g/mol. The molecule has 0 spiro atoms. The maximum atomic E-state index is 5.67. The van der Waals surface area contributed by atoms with Gasteiger partial charge in [0, 0.05) is 37.0 Å². The Hall–Kier alpha value is -1.74. The smallest absolute Gasteiger partial charge is 0.0466 e. The first-order valence-electron chi connectivity index (χ1n) is 7.83. The van der Waals surface area contributed by atoms with Crippen LogP contribution in [0, 0.1) is 0 Å². The minimum Gasteiger partial charge on any atom is -0.381 e. The Morgan fingerprint density at radius 3 is 1.62 bits per heavy atom. The van der Waals surface area contributed by atoms with Gasteiger partial charge in [-0.1, -0.05) is 12.1 Å². The van der Waals surface area contributed by atoms with Crippen LogP contribution in [0.4, 0.5) is 0 Å². The van der Waals surface area contributed by atoms with E-state index in [0.29, 0.717) is 0 Å². The van der Waals surface area contributed by atoms with E-state index in [2.05, 4.69) is 22.1 Å². The zero-order valence-electron chi connectivity index (χ0n) is 12.6. The fourth-order valence-electron chi connectivity index (χ4n) is 2.21. The van der Waals surface area contributed by atoms with Gasteiger partial charge in [0.25, 0.3) is 0 Å². The number of unbranched alkanes of at least 4 members (excludes halogenated alkanes) is 2. The third-order valence-corrected chi connectivity index (χ3v) is 3.40. The van der Waals surface area contributed by atoms with Crippen LogP contribution in [0.5, 0.6) is 0 Å². The molecule has 2 heterocycles. The predicted molar refractivity (Wildman–Crippen MR) is 85.2 cm³/mol. The van der Waals surface area contributed by atoms with Crippen LogP contribution in [-0.4, -0.2) is 23.2 Å². The molecule has 2 aromatic rings. The quantitative estimate of drug-likeness (QED) is 0.622. The number of ether oxygens (including phenoxy) is 1. The van der Waals surface area contributed by atoms with Gasteiger partial charge in [-0.25, -0.2) is 0 Å². The molecule has 3 nitrogen and oxygen atoms in total. The highest BCUT2D eigenvalue weighted by atomic mass is 16.5. The maximum Gasteiger partial charge on any atom is 0.0466 e. The van der Waals surface area contributed by atoms with E-state index in [-0.39, 0.29) is 0 Å². The SMILES string of the molecule is c1ccc(CCCCOCCCCc2ccccn2)nc1. The van der Waals surface area contributed by atoms with Crippen molar-refractivity contribution in [1.82, 2.24) is 9.97 Å². The normalized spacial score (nSPS) is 10.7. The molecule has 0 saturated heterocycles. The highest BCUT2D eigenvalue weighted by Gasteiger charge is 1.96. The monoisotopic (exact) mass is 284 g/mol. The van der Waals surface area contributed by atoms with Gasteiger partial charge in [-0.2, -0.15) is 0 Å². The zero-order valence-corrected chi connectivity index (χ0v) is 12.6. The summed E-state index contributed by atoms with van der Waals surface area (Å²) in [6.45, 7) is 1.72. The van der Waals surface area contributed by atoms with Crippen LogP contribution < -0.4 is 0 Å². The Kier molecular flexibility index (Phi) is 7.49. The summed E-state index contributed by atoms with van der Waals surface area (Å²) in [5.74, 6) is 0. The highest BCUT2D eigenvalue weighted by Crippen LogP contribution is 2.03. The summed E-state index contributed by atoms with van der Waals surface area (Å²) in [7, 11) is 0. The van der Waals surface area contributed by atoms with Gasteiger partial charge < -0.3 is 4.74 Å². The average Bonchev–Trinajstić information content (AvgIpc) is 2.55. The number of aryl methyl sites for hydroxylation is 2. The van der Waals surface area contributed by atoms with Gasteiger partial charge in [-0.3, -0.25) is 9.97 Å². The number of hydrogen-bond donors (Lipinski definition) is 0. The molecule has 0 atom stereocenters. The summed E-state index contributed by atoms with van der Waals surface area (Å²) in [6.07, 6.45) is 10.3. The lowest BCUT2D eigenvalue weighted by molar-refractivity contribution is 0.127. The van der Waals surface area contributed by atoms with Crippen LogP contribution >= 0.6 is 0 Å². The van der Waals surface area contributed by atoms with E-state index < -0.39 is 0 Å². The minimum absolute atomic E-state index is 0.858. The number of nitrogens with zero attached hydrogens (tertiary/aromatic N) is 2. The summed E-state index contributed by atoms with van der Waals surface area (Å²) < 4.78 is 5.67. The summed E-state index contributed by atoms with van der Waals surface area (Å²) >= 11 is 0. The van der Waals surface area contributed by atoms with Gasteiger partial charge in [0.15, 0.2) is 0 Å². The van der Waals surface area contributed by atoms with E-state index >= 15 is 0 Å². The minimum atomic E-state index is 0.858. The molecule has 0 bridgehead atoms. The predicted octanol–water partition coefficient (Wildman–Crippen LogP) is 3.84. The van der Waals surface area contributed by atoms with Gasteiger partial charge >= 0.3 is 0 Å². The number of aromatic nitrogens is 2. The molecule has 3 heteroatoms. The molecular weight excluding hydrogens is 260 g/mol. The van der Waals surface area contributed by atoms with Crippen molar-refractivity contribution in [3.8, 4) is 0 Å². The number of hydrogen-bond acceptors (Lipinski definition) is 3. The summed E-state index contributed by atoms with van der Waals surface area (Å²) in [5, 5.41) is 0. The van der Waals surface area contributed by atoms with Crippen LogP contribution in [0.2, 0.25) is 0 Å². The van der Waals surface area contributed by atoms with Gasteiger partial charge in [-0.15, -0.1) is 0 Å². The molecule has 2 aromatic heterocycles. The third kappa shape index (κ3) is 7.00. The largest absolute Gasteiger partial charge is 0.381 e. The van der Waals surface area contributed by atoms with Gasteiger partial charge in [0.05, 0.1) is 0 Å². The van der Waals surface area contributed by atoms with Crippen molar-refractivity contribution in [2.75, 3.05) is 13.2 Å². The Balaban J connectivity index is 1.40. The second-order valence-corrected chi connectivity index (χ2v) is 5.17. The van der Waals surface area contributed by atoms with Crippen molar-refractivity contribution in [3.05, 3.63) is 60.2 Å². The van der Waals surface area contributed by atoms with E-state index in [1.807, 2.05) is 36.7 Å². The number of rotatable bonds is 10. The fourth-order valence-corrected chi connectivity index (χ4v) is 2.21. The molecule has 2 rings (SSSR count). The summed E-state index contributed by atoms with van der Waals surface area (Å²) in [5.41, 5.74) is 2.35. The lowest BCUT2D eigenvalue weighted by Gasteiger charge is -2.04. The van der Waals surface area contributed by atoms with Crippen LogP contribution in [0.1, 0.15) is 37.1 Å². The topological polar surface area (TPSA) is 35.0 Å². The first-order valence-corrected chi connectivity index (χ1v) is 7.83. The van der Waals surface area contributed by atoms with E-state index in [0.717, 1.165) is 51.7 Å². The summed E-state index contributed by atoms with van der Waals surface area (Å²) in [4.78, 5) is 8.64. The Bertz CT molecular complexity index is 428. The molecule has 0 aromatic carbocycles. The fraction of sp³-hybridized carbons (Fsp3) is 0.444. The maximum absolute atomic E-state index is 5.67. The second kappa shape index (κ2) is 10.1. The van der Waals surface area contributed by atoms with Crippen molar-refractivity contribution in [1.29, 1.82) is 0 Å². The van der Waals surface area contributed by atoms with Crippen molar-refractivity contribution in [2.45, 2.75) is 38.5 Å². The van der Waals surface area contributed by atoms with Gasteiger partial charge in [0.2, 0.25) is 0 Å². The molecule has 0 radical (unpaired) electrons. The van der Waals surface area contributed by atoms with E-state index in [1.165, 1.54) is 11.4 Å². The van der Waals surface area contributed by atoms with E-state index in [1.54, 1.807) is 0 Å². The first-order chi connectivity index (χ1) is 10.4. The van der Waals surface area contributed by atoms with Crippen molar-refractivity contribution >= 4 is 0 Å². The van der Waals surface area contributed by atoms with Crippen LogP contribution in [-0.2, 0) is 17.6 Å². The highest BCUT2D eigenvalue weighted by molar-refractivity contribution is 5.03. The van der Waals surface area contributed by atoms with Gasteiger partial charge in [0.1, 0.15) is 0 Å². The van der Waals surface area contributed by atoms with E-state index in [4.69, 9.17) is 4.74 Å². The Morgan fingerprint density at radius 2 is 1.19 bits per heavy atom. The van der Waals surface area contributed by atoms with Crippen molar-refractivity contribution in [3.63, 3.8) is 0 Å². The zero-order chi connectivity index (χ0) is 14.6. The number of pyridine rings is 2. The lowest BCUT2D eigenvalue weighted by Crippen LogP contribution is -1.99. The van der Waals surface area contributed by atoms with Crippen LogP contribution in [0.15, 0.2) is 48.8 Å². The van der Waals surface area contributed by atoms with Crippen molar-refractivity contribution in [2.24, 2.45) is 0 Å². The van der Waals surface area contributed by atoms with Crippen LogP contribution in [0.3, 0.4) is 0 Å².